The van der Waals surface area contributed by atoms with Crippen LogP contribution >= 0.6 is 0 Å². The van der Waals surface area contributed by atoms with Gasteiger partial charge in [0, 0.05) is 25.2 Å². The van der Waals surface area contributed by atoms with E-state index < -0.39 is 110 Å². The highest BCUT2D eigenvalue weighted by atomic mass is 19.3. The third-order valence-corrected chi connectivity index (χ3v) is 8.43. The fraction of sp³-hybridized carbons (Fsp3) is 0.636. The van der Waals surface area contributed by atoms with E-state index in [-0.39, 0.29) is 31.3 Å². The summed E-state index contributed by atoms with van der Waals surface area (Å²) in [7, 11) is 0. The highest BCUT2D eigenvalue weighted by molar-refractivity contribution is 5.83. The normalized spacial score (nSPS) is 23.4. The highest BCUT2D eigenvalue weighted by Gasteiger charge is 2.61. The lowest BCUT2D eigenvalue weighted by atomic mass is 10.1. The molecular formula is C33H42F4N6O14. The van der Waals surface area contributed by atoms with Gasteiger partial charge in [0.25, 0.3) is 0 Å². The SMILES string of the molecule is CCCCOC(=O)Nc1ccn([C@H]2O[C@H](COC(=O)CCCC(=O)OC[C@H]3O[C@@H](n4ccc(NC(=O)OCCCC)nc4=O)C(F)(F)[C@@H]3O)C(O)C2(F)F)c(=O)n1. The zero-order valence-electron chi connectivity index (χ0n) is 30.6. The van der Waals surface area contributed by atoms with E-state index in [4.69, 9.17) is 28.4 Å². The van der Waals surface area contributed by atoms with Crippen LogP contribution in [0.3, 0.4) is 0 Å². The van der Waals surface area contributed by atoms with Gasteiger partial charge in [-0.15, -0.1) is 0 Å². The van der Waals surface area contributed by atoms with Crippen molar-refractivity contribution in [3.05, 3.63) is 45.5 Å². The first-order valence-electron chi connectivity index (χ1n) is 17.8. The first-order valence-corrected chi connectivity index (χ1v) is 17.8. The topological polar surface area (TPSA) is 258 Å². The van der Waals surface area contributed by atoms with E-state index >= 15 is 0 Å². The molecule has 4 N–H and O–H groups in total. The van der Waals surface area contributed by atoms with Gasteiger partial charge in [-0.2, -0.15) is 27.5 Å². The highest BCUT2D eigenvalue weighted by Crippen LogP contribution is 2.43. The Kier molecular flexibility index (Phi) is 15.5. The fourth-order valence-electron chi connectivity index (χ4n) is 5.31. The summed E-state index contributed by atoms with van der Waals surface area (Å²) in [6.45, 7) is 2.21. The van der Waals surface area contributed by atoms with Gasteiger partial charge in [-0.25, -0.2) is 19.2 Å². The predicted octanol–water partition coefficient (Wildman–Crippen LogP) is 2.24. The smallest absolute Gasteiger partial charge is 0.412 e. The number of rotatable bonds is 18. The fourth-order valence-corrected chi connectivity index (χ4v) is 5.31. The molecule has 20 nitrogen and oxygen atoms in total. The van der Waals surface area contributed by atoms with Gasteiger partial charge < -0.3 is 38.6 Å². The van der Waals surface area contributed by atoms with Gasteiger partial charge in [0.2, 0.25) is 12.5 Å². The number of nitrogens with zero attached hydrogens (tertiary/aromatic N) is 4. The molecule has 0 aliphatic carbocycles. The van der Waals surface area contributed by atoms with E-state index in [0.717, 1.165) is 37.4 Å². The maximum atomic E-state index is 14.9. The molecule has 57 heavy (non-hydrogen) atoms. The number of unbranched alkanes of at least 4 members (excludes halogenated alkanes) is 2. The number of amides is 2. The standard InChI is InChI=1S/C33H42F4N6O14/c1-3-5-14-52-30(50)40-20-10-12-42(28(48)38-20)26-32(34,35)24(46)18(56-26)16-54-22(44)8-7-9-23(45)55-17-19-25(47)33(36,37)27(57-19)43-13-11-21(39-29(43)49)41-31(51)53-15-6-4-2/h10-13,18-19,24-27,46-47H,3-9,14-17H2,1-2H3,(H,38,40,48,50)(H,39,41,49,51)/t18-,19-,24-,25?,26-,27+/m1/s1. The van der Waals surface area contributed by atoms with Crippen molar-refractivity contribution >= 4 is 35.8 Å². The van der Waals surface area contributed by atoms with Crippen LogP contribution in [0, 0.1) is 0 Å². The van der Waals surface area contributed by atoms with E-state index in [0.29, 0.717) is 22.0 Å². The number of carbonyl (C=O) groups excluding carboxylic acids is 4. The maximum absolute atomic E-state index is 14.9. The van der Waals surface area contributed by atoms with E-state index in [1.165, 1.54) is 0 Å². The van der Waals surface area contributed by atoms with E-state index in [1.54, 1.807) is 0 Å². The predicted molar refractivity (Wildman–Crippen MR) is 182 cm³/mol. The zero-order chi connectivity index (χ0) is 41.9. The molecule has 2 saturated heterocycles. The minimum atomic E-state index is -4.05. The lowest BCUT2D eigenvalue weighted by molar-refractivity contribution is -0.152. The number of anilines is 2. The molecule has 2 aromatic heterocycles. The minimum absolute atomic E-state index is 0.107. The van der Waals surface area contributed by atoms with Gasteiger partial charge in [0.05, 0.1) is 13.2 Å². The summed E-state index contributed by atoms with van der Waals surface area (Å²) < 4.78 is 90.4. The molecule has 2 fully saturated rings. The molecule has 1 unspecified atom stereocenters. The molecule has 316 valence electrons. The van der Waals surface area contributed by atoms with Crippen molar-refractivity contribution in [3.8, 4) is 0 Å². The molecule has 24 heteroatoms. The molecule has 0 radical (unpaired) electrons. The number of esters is 2. The minimum Gasteiger partial charge on any atom is -0.463 e. The number of aliphatic hydroxyl groups excluding tert-OH is 2. The summed E-state index contributed by atoms with van der Waals surface area (Å²) in [5.74, 6) is -10.7. The number of nitrogens with one attached hydrogen (secondary N) is 2. The van der Waals surface area contributed by atoms with Crippen molar-refractivity contribution in [1.82, 2.24) is 19.1 Å². The summed E-state index contributed by atoms with van der Waals surface area (Å²) >= 11 is 0. The molecule has 4 heterocycles. The lowest BCUT2D eigenvalue weighted by Crippen LogP contribution is -2.42. The number of ether oxygens (including phenoxy) is 6. The molecule has 0 saturated carbocycles. The molecule has 6 atom stereocenters. The van der Waals surface area contributed by atoms with Crippen LogP contribution in [0.5, 0.6) is 0 Å². The Morgan fingerprint density at radius 2 is 1.09 bits per heavy atom. The second-order valence-electron chi connectivity index (χ2n) is 12.7. The Bertz CT molecular complexity index is 1720. The molecule has 0 bridgehead atoms. The Morgan fingerprint density at radius 1 is 0.702 bits per heavy atom. The number of halogens is 4. The van der Waals surface area contributed by atoms with Crippen LogP contribution in [0.1, 0.15) is 71.2 Å². The van der Waals surface area contributed by atoms with Crippen molar-refractivity contribution in [1.29, 1.82) is 0 Å². The van der Waals surface area contributed by atoms with Gasteiger partial charge in [-0.05, 0) is 31.4 Å². The molecule has 4 rings (SSSR count). The monoisotopic (exact) mass is 822 g/mol. The van der Waals surface area contributed by atoms with Gasteiger partial charge >= 0.3 is 47.3 Å². The number of hydrogen-bond acceptors (Lipinski definition) is 16. The second kappa shape index (κ2) is 19.8. The summed E-state index contributed by atoms with van der Waals surface area (Å²) in [4.78, 5) is 80.1. The lowest BCUT2D eigenvalue weighted by Gasteiger charge is -2.21. The quantitative estimate of drug-likeness (QED) is 0.0728. The largest absolute Gasteiger partial charge is 0.463 e. The summed E-state index contributed by atoms with van der Waals surface area (Å²) in [5, 5.41) is 24.7. The Labute approximate surface area is 320 Å². The average Bonchev–Trinajstić information content (AvgIpc) is 3.51. The Morgan fingerprint density at radius 3 is 1.44 bits per heavy atom. The van der Waals surface area contributed by atoms with Crippen molar-refractivity contribution in [2.75, 3.05) is 37.1 Å². The number of aliphatic hydroxyl groups is 2. The van der Waals surface area contributed by atoms with Crippen LogP contribution in [-0.2, 0) is 38.0 Å². The summed E-state index contributed by atoms with van der Waals surface area (Å²) in [6, 6.07) is 2.05. The van der Waals surface area contributed by atoms with Crippen molar-refractivity contribution < 1.29 is 75.4 Å². The summed E-state index contributed by atoms with van der Waals surface area (Å²) in [5.41, 5.74) is -2.53. The maximum Gasteiger partial charge on any atom is 0.412 e. The van der Waals surface area contributed by atoms with E-state index in [9.17, 15) is 56.5 Å². The van der Waals surface area contributed by atoms with Gasteiger partial charge in [-0.1, -0.05) is 26.7 Å². The van der Waals surface area contributed by atoms with Gasteiger partial charge in [0.1, 0.15) is 37.1 Å². The number of alkyl halides is 4. The molecular weight excluding hydrogens is 780 g/mol. The van der Waals surface area contributed by atoms with Crippen molar-refractivity contribution in [2.24, 2.45) is 0 Å². The number of hydrogen-bond donors (Lipinski definition) is 4. The van der Waals surface area contributed by atoms with Crippen LogP contribution in [0.15, 0.2) is 34.1 Å². The number of aromatic nitrogens is 4. The third kappa shape index (κ3) is 11.4. The van der Waals surface area contributed by atoms with Crippen LogP contribution in [0.25, 0.3) is 0 Å². The van der Waals surface area contributed by atoms with E-state index in [1.807, 2.05) is 13.8 Å². The molecule has 0 aromatic carbocycles. The molecule has 2 aliphatic rings. The van der Waals surface area contributed by atoms with Crippen LogP contribution in [0.2, 0.25) is 0 Å². The number of carbonyl (C=O) groups is 4. The van der Waals surface area contributed by atoms with Crippen molar-refractivity contribution in [2.45, 2.75) is 108 Å². The molecule has 2 amide bonds. The van der Waals surface area contributed by atoms with Crippen LogP contribution < -0.4 is 22.0 Å². The average molecular weight is 823 g/mol. The summed E-state index contributed by atoms with van der Waals surface area (Å²) in [6.07, 6.45) is -11.9. The van der Waals surface area contributed by atoms with Crippen LogP contribution in [-0.4, -0.2) is 116 Å². The van der Waals surface area contributed by atoms with E-state index in [2.05, 4.69) is 20.6 Å². The molecule has 0 spiro atoms. The van der Waals surface area contributed by atoms with Gasteiger partial charge in [-0.3, -0.25) is 29.4 Å². The first kappa shape index (κ1) is 44.5. The Balaban J connectivity index is 1.20. The molecule has 2 aliphatic heterocycles. The van der Waals surface area contributed by atoms with Crippen molar-refractivity contribution in [3.63, 3.8) is 0 Å². The molecule has 2 aromatic rings. The Hall–Kier alpha value is -5.20. The van der Waals surface area contributed by atoms with Gasteiger partial charge in [0.15, 0.2) is 12.2 Å². The second-order valence-corrected chi connectivity index (χ2v) is 12.7. The first-order chi connectivity index (χ1) is 27.0. The zero-order valence-corrected chi connectivity index (χ0v) is 30.6. The van der Waals surface area contributed by atoms with Crippen LogP contribution in [0.4, 0.5) is 38.8 Å². The third-order valence-electron chi connectivity index (χ3n) is 8.43.